The first-order chi connectivity index (χ1) is 15.5. The van der Waals surface area contributed by atoms with Crippen LogP contribution in [0.15, 0.2) is 10.6 Å². The van der Waals surface area contributed by atoms with E-state index in [1.54, 1.807) is 13.1 Å². The van der Waals surface area contributed by atoms with Gasteiger partial charge in [0.15, 0.2) is 5.69 Å². The Balaban J connectivity index is 1.47. The van der Waals surface area contributed by atoms with E-state index >= 15 is 0 Å². The van der Waals surface area contributed by atoms with Gasteiger partial charge >= 0.3 is 0 Å². The highest BCUT2D eigenvalue weighted by Gasteiger charge is 2.31. The molecule has 4 heterocycles. The number of carbonyl (C=O) groups is 2. The summed E-state index contributed by atoms with van der Waals surface area (Å²) in [5.41, 5.74) is 2.88. The lowest BCUT2D eigenvalue weighted by molar-refractivity contribution is -0.134. The summed E-state index contributed by atoms with van der Waals surface area (Å²) in [5, 5.41) is 4.79. The Morgan fingerprint density at radius 1 is 1.22 bits per heavy atom. The van der Waals surface area contributed by atoms with Crippen molar-refractivity contribution in [2.24, 2.45) is 5.92 Å². The van der Waals surface area contributed by atoms with E-state index in [0.717, 1.165) is 55.1 Å². The fourth-order valence-corrected chi connectivity index (χ4v) is 4.65. The number of carbonyl (C=O) groups excluding carboxylic acids is 2. The summed E-state index contributed by atoms with van der Waals surface area (Å²) < 4.78 is 13.3. The van der Waals surface area contributed by atoms with Crippen LogP contribution in [0.1, 0.15) is 50.1 Å². The van der Waals surface area contributed by atoms with Crippen LogP contribution in [-0.4, -0.2) is 69.2 Å². The summed E-state index contributed by atoms with van der Waals surface area (Å²) >= 11 is 0. The summed E-state index contributed by atoms with van der Waals surface area (Å²) in [6.07, 6.45) is 4.76. The molecule has 1 saturated heterocycles. The molecule has 0 unspecified atom stereocenters. The number of fused-ring (bicyclic) bond motifs is 1. The normalized spacial score (nSPS) is 17.0. The summed E-state index contributed by atoms with van der Waals surface area (Å²) in [5.74, 6) is 1.86. The number of ether oxygens (including phenoxy) is 1. The van der Waals surface area contributed by atoms with Crippen LogP contribution in [0.4, 0.5) is 0 Å². The van der Waals surface area contributed by atoms with Crippen molar-refractivity contribution in [2.75, 3.05) is 32.8 Å². The zero-order valence-electron chi connectivity index (χ0n) is 19.3. The number of nitrogens with zero attached hydrogens (tertiary/aromatic N) is 5. The third-order valence-electron chi connectivity index (χ3n) is 6.49. The first-order valence-electron chi connectivity index (χ1n) is 11.6. The average Bonchev–Trinajstić information content (AvgIpc) is 3.37. The number of rotatable bonds is 7. The van der Waals surface area contributed by atoms with Crippen LogP contribution in [0.2, 0.25) is 0 Å². The van der Waals surface area contributed by atoms with Crippen molar-refractivity contribution in [3.8, 4) is 11.6 Å². The van der Waals surface area contributed by atoms with E-state index < -0.39 is 0 Å². The number of oxazole rings is 1. The predicted molar refractivity (Wildman–Crippen MR) is 118 cm³/mol. The Kier molecular flexibility index (Phi) is 6.93. The molecular formula is C23H33N5O4. The van der Waals surface area contributed by atoms with E-state index in [9.17, 15) is 9.59 Å². The second kappa shape index (κ2) is 9.85. The molecule has 0 radical (unpaired) electrons. The topological polar surface area (TPSA) is 93.7 Å². The van der Waals surface area contributed by atoms with Crippen LogP contribution in [0, 0.1) is 12.8 Å². The zero-order chi connectivity index (χ0) is 22.7. The molecular weight excluding hydrogens is 410 g/mol. The molecule has 2 aromatic rings. The van der Waals surface area contributed by atoms with E-state index in [4.69, 9.17) is 14.3 Å². The Hall–Kier alpha value is -2.68. The smallest absolute Gasteiger partial charge is 0.247 e. The maximum atomic E-state index is 13.1. The second-order valence-electron chi connectivity index (χ2n) is 8.69. The first kappa shape index (κ1) is 22.5. The molecule has 0 atom stereocenters. The van der Waals surface area contributed by atoms with Crippen LogP contribution >= 0.6 is 0 Å². The van der Waals surface area contributed by atoms with E-state index in [2.05, 4.69) is 4.98 Å². The number of likely N-dealkylation sites (tertiary alicyclic amines) is 1. The Labute approximate surface area is 188 Å². The molecule has 0 N–H and O–H groups in total. The lowest BCUT2D eigenvalue weighted by atomic mass is 9.92. The number of hydrogen-bond donors (Lipinski definition) is 0. The van der Waals surface area contributed by atoms with Crippen molar-refractivity contribution in [1.82, 2.24) is 24.6 Å². The predicted octanol–water partition coefficient (Wildman–Crippen LogP) is 2.42. The molecule has 9 heteroatoms. The van der Waals surface area contributed by atoms with Crippen molar-refractivity contribution < 1.29 is 18.7 Å². The molecule has 1 fully saturated rings. The zero-order valence-corrected chi connectivity index (χ0v) is 19.3. The van der Waals surface area contributed by atoms with Crippen LogP contribution in [0.3, 0.4) is 0 Å². The average molecular weight is 444 g/mol. The van der Waals surface area contributed by atoms with Gasteiger partial charge in [-0.3, -0.25) is 14.3 Å². The molecule has 0 spiro atoms. The maximum Gasteiger partial charge on any atom is 0.247 e. The standard InChI is InChI=1S/C23H33N5O4/c1-4-31-12-11-28-20-7-10-27(15-19(20)22(25-28)23-24-14-16(2)32-23)21(30)13-18-5-8-26(9-6-18)17(3)29/h14,18H,4-13,15H2,1-3H3. The van der Waals surface area contributed by atoms with E-state index in [1.807, 2.05) is 28.3 Å². The highest BCUT2D eigenvalue weighted by atomic mass is 16.5. The van der Waals surface area contributed by atoms with Gasteiger partial charge in [0.1, 0.15) is 5.76 Å². The van der Waals surface area contributed by atoms with Gasteiger partial charge in [-0.25, -0.2) is 4.98 Å². The highest BCUT2D eigenvalue weighted by molar-refractivity contribution is 5.77. The molecule has 4 rings (SSSR count). The van der Waals surface area contributed by atoms with Crippen molar-refractivity contribution in [3.05, 3.63) is 23.2 Å². The molecule has 2 aromatic heterocycles. The Bertz CT molecular complexity index is 958. The monoisotopic (exact) mass is 443 g/mol. The number of piperidine rings is 1. The van der Waals surface area contributed by atoms with Gasteiger partial charge in [0, 0.05) is 63.8 Å². The second-order valence-corrected chi connectivity index (χ2v) is 8.69. The third kappa shape index (κ3) is 4.87. The lowest BCUT2D eigenvalue weighted by Crippen LogP contribution is -2.40. The van der Waals surface area contributed by atoms with Gasteiger partial charge in [0.25, 0.3) is 0 Å². The fourth-order valence-electron chi connectivity index (χ4n) is 4.65. The SMILES string of the molecule is CCOCCn1nc(-c2ncc(C)o2)c2c1CCN(C(=O)CC1CCN(C(C)=O)CC1)C2. The van der Waals surface area contributed by atoms with Crippen molar-refractivity contribution in [1.29, 1.82) is 0 Å². The van der Waals surface area contributed by atoms with E-state index in [0.29, 0.717) is 51.1 Å². The van der Waals surface area contributed by atoms with Crippen LogP contribution < -0.4 is 0 Å². The molecule has 2 aliphatic rings. The molecule has 2 amide bonds. The van der Waals surface area contributed by atoms with Crippen molar-refractivity contribution in [3.63, 3.8) is 0 Å². The van der Waals surface area contributed by atoms with Gasteiger partial charge in [-0.2, -0.15) is 5.10 Å². The Morgan fingerprint density at radius 3 is 2.66 bits per heavy atom. The van der Waals surface area contributed by atoms with E-state index in [-0.39, 0.29) is 11.8 Å². The molecule has 2 aliphatic heterocycles. The van der Waals surface area contributed by atoms with Gasteiger partial charge in [0.05, 0.1) is 19.3 Å². The van der Waals surface area contributed by atoms with Gasteiger partial charge in [-0.1, -0.05) is 0 Å². The highest BCUT2D eigenvalue weighted by Crippen LogP contribution is 2.31. The molecule has 9 nitrogen and oxygen atoms in total. The van der Waals surface area contributed by atoms with Gasteiger partial charge in [0.2, 0.25) is 17.7 Å². The minimum absolute atomic E-state index is 0.119. The van der Waals surface area contributed by atoms with Gasteiger partial charge < -0.3 is 19.0 Å². The summed E-state index contributed by atoms with van der Waals surface area (Å²) in [6.45, 7) is 10.1. The molecule has 174 valence electrons. The quantitative estimate of drug-likeness (QED) is 0.610. The number of aryl methyl sites for hydroxylation is 1. The molecule has 0 aromatic carbocycles. The number of amides is 2. The van der Waals surface area contributed by atoms with Crippen molar-refractivity contribution >= 4 is 11.8 Å². The molecule has 0 bridgehead atoms. The lowest BCUT2D eigenvalue weighted by Gasteiger charge is -2.33. The largest absolute Gasteiger partial charge is 0.440 e. The summed E-state index contributed by atoms with van der Waals surface area (Å²) in [4.78, 5) is 32.9. The maximum absolute atomic E-state index is 13.1. The number of aromatic nitrogens is 3. The van der Waals surface area contributed by atoms with Gasteiger partial charge in [-0.15, -0.1) is 0 Å². The number of hydrogen-bond acceptors (Lipinski definition) is 6. The summed E-state index contributed by atoms with van der Waals surface area (Å²) in [6, 6.07) is 0. The fraction of sp³-hybridized carbons (Fsp3) is 0.652. The molecule has 0 aliphatic carbocycles. The third-order valence-corrected chi connectivity index (χ3v) is 6.49. The van der Waals surface area contributed by atoms with Crippen molar-refractivity contribution in [2.45, 2.75) is 59.5 Å². The van der Waals surface area contributed by atoms with Crippen LogP contribution in [0.25, 0.3) is 11.6 Å². The Morgan fingerprint density at radius 2 is 2.00 bits per heavy atom. The molecule has 32 heavy (non-hydrogen) atoms. The minimum atomic E-state index is 0.119. The van der Waals surface area contributed by atoms with Crippen LogP contribution in [0.5, 0.6) is 0 Å². The summed E-state index contributed by atoms with van der Waals surface area (Å²) in [7, 11) is 0. The first-order valence-corrected chi connectivity index (χ1v) is 11.6. The van der Waals surface area contributed by atoms with E-state index in [1.165, 1.54) is 0 Å². The van der Waals surface area contributed by atoms with Crippen LogP contribution in [-0.2, 0) is 33.8 Å². The minimum Gasteiger partial charge on any atom is -0.440 e. The molecule has 0 saturated carbocycles. The van der Waals surface area contributed by atoms with Gasteiger partial charge in [-0.05, 0) is 32.6 Å².